The highest BCUT2D eigenvalue weighted by atomic mass is 16.4. The Hall–Kier alpha value is -1.57. The van der Waals surface area contributed by atoms with Crippen molar-refractivity contribution in [3.8, 4) is 0 Å². The van der Waals surface area contributed by atoms with Crippen molar-refractivity contribution in [2.45, 2.75) is 20.8 Å². The molecule has 2 aromatic rings. The van der Waals surface area contributed by atoms with E-state index < -0.39 is 0 Å². The SMILES string of the molecule is Cc1cc2oc(=O)cc(C)c2cc1C.[HH]. The maximum Gasteiger partial charge on any atom is 0.336 e. The Kier molecular flexibility index (Phi) is 1.92. The summed E-state index contributed by atoms with van der Waals surface area (Å²) in [4.78, 5) is 11.1. The first-order valence-electron chi connectivity index (χ1n) is 4.59. The molecule has 2 heteroatoms. The van der Waals surface area contributed by atoms with Crippen LogP contribution in [0.25, 0.3) is 11.0 Å². The van der Waals surface area contributed by atoms with Crippen molar-refractivity contribution < 1.29 is 5.84 Å². The quantitative estimate of drug-likeness (QED) is 0.598. The molecule has 0 bridgehead atoms. The Morgan fingerprint density at radius 3 is 2.36 bits per heavy atom. The van der Waals surface area contributed by atoms with Crippen molar-refractivity contribution in [2.75, 3.05) is 0 Å². The Bertz CT molecular complexity index is 555. The fourth-order valence-electron chi connectivity index (χ4n) is 1.57. The van der Waals surface area contributed by atoms with Crippen LogP contribution in [-0.2, 0) is 0 Å². The second-order valence-electron chi connectivity index (χ2n) is 3.68. The summed E-state index contributed by atoms with van der Waals surface area (Å²) in [5.74, 6) is 0. The number of rotatable bonds is 0. The van der Waals surface area contributed by atoms with Crippen LogP contribution in [-0.4, -0.2) is 0 Å². The van der Waals surface area contributed by atoms with Gasteiger partial charge in [0.25, 0.3) is 0 Å². The predicted octanol–water partition coefficient (Wildman–Crippen LogP) is 2.96. The van der Waals surface area contributed by atoms with E-state index in [4.69, 9.17) is 4.42 Å². The molecule has 0 amide bonds. The first-order valence-corrected chi connectivity index (χ1v) is 4.59. The molecule has 0 radical (unpaired) electrons. The zero-order valence-electron chi connectivity index (χ0n) is 8.55. The zero-order valence-corrected chi connectivity index (χ0v) is 8.55. The fraction of sp³-hybridized carbons (Fsp3) is 0.250. The van der Waals surface area contributed by atoms with E-state index in [1.54, 1.807) is 0 Å². The predicted molar refractivity (Wildman–Crippen MR) is 58.8 cm³/mol. The smallest absolute Gasteiger partial charge is 0.336 e. The van der Waals surface area contributed by atoms with Gasteiger partial charge in [0.05, 0.1) is 0 Å². The minimum atomic E-state index is -0.279. The second-order valence-corrected chi connectivity index (χ2v) is 3.68. The second kappa shape index (κ2) is 2.98. The molecule has 0 saturated carbocycles. The fourth-order valence-corrected chi connectivity index (χ4v) is 1.57. The molecule has 0 saturated heterocycles. The lowest BCUT2D eigenvalue weighted by atomic mass is 10.0. The number of hydrogen-bond acceptors (Lipinski definition) is 2. The molecule has 0 aliphatic rings. The third-order valence-electron chi connectivity index (χ3n) is 2.57. The Labute approximate surface area is 83.7 Å². The van der Waals surface area contributed by atoms with Gasteiger partial charge in [-0.05, 0) is 49.6 Å². The van der Waals surface area contributed by atoms with E-state index in [0.717, 1.165) is 16.5 Å². The van der Waals surface area contributed by atoms with E-state index in [1.807, 2.05) is 19.9 Å². The molecule has 1 heterocycles. The normalized spacial score (nSPS) is 10.8. The number of hydrogen-bond donors (Lipinski definition) is 0. The van der Waals surface area contributed by atoms with Gasteiger partial charge in [-0.1, -0.05) is 0 Å². The Balaban J connectivity index is 0.00000112. The number of aryl methyl sites for hydroxylation is 3. The van der Waals surface area contributed by atoms with Crippen molar-refractivity contribution in [3.05, 3.63) is 45.3 Å². The van der Waals surface area contributed by atoms with Gasteiger partial charge in [0, 0.05) is 12.9 Å². The van der Waals surface area contributed by atoms with Crippen molar-refractivity contribution in [1.82, 2.24) is 0 Å². The van der Waals surface area contributed by atoms with Crippen molar-refractivity contribution >= 4 is 11.0 Å². The lowest BCUT2D eigenvalue weighted by Gasteiger charge is -2.04. The average molecular weight is 190 g/mol. The van der Waals surface area contributed by atoms with E-state index in [-0.39, 0.29) is 7.05 Å². The van der Waals surface area contributed by atoms with E-state index in [1.165, 1.54) is 11.6 Å². The van der Waals surface area contributed by atoms with E-state index in [2.05, 4.69) is 13.0 Å². The van der Waals surface area contributed by atoms with Crippen molar-refractivity contribution in [1.29, 1.82) is 0 Å². The van der Waals surface area contributed by atoms with Gasteiger partial charge in [0.2, 0.25) is 0 Å². The van der Waals surface area contributed by atoms with E-state index in [0.29, 0.717) is 5.58 Å². The van der Waals surface area contributed by atoms with E-state index in [9.17, 15) is 4.79 Å². The molecule has 0 spiro atoms. The summed E-state index contributed by atoms with van der Waals surface area (Å²) in [6.45, 7) is 5.99. The van der Waals surface area contributed by atoms with Crippen LogP contribution >= 0.6 is 0 Å². The highest BCUT2D eigenvalue weighted by Crippen LogP contribution is 2.20. The summed E-state index contributed by atoms with van der Waals surface area (Å²) in [6, 6.07) is 5.50. The molecule has 14 heavy (non-hydrogen) atoms. The molecule has 1 aromatic heterocycles. The molecule has 74 valence electrons. The molecule has 0 N–H and O–H groups in total. The van der Waals surface area contributed by atoms with Crippen LogP contribution in [0.2, 0.25) is 0 Å². The highest BCUT2D eigenvalue weighted by molar-refractivity contribution is 5.81. The summed E-state index contributed by atoms with van der Waals surface area (Å²) in [5.41, 5.74) is 3.73. The van der Waals surface area contributed by atoms with Gasteiger partial charge in [-0.2, -0.15) is 0 Å². The molecule has 2 rings (SSSR count). The van der Waals surface area contributed by atoms with Crippen LogP contribution in [0.15, 0.2) is 27.4 Å². The molecule has 0 aliphatic heterocycles. The number of benzene rings is 1. The third kappa shape index (κ3) is 1.33. The average Bonchev–Trinajstić information content (AvgIpc) is 2.08. The van der Waals surface area contributed by atoms with Gasteiger partial charge in [-0.3, -0.25) is 0 Å². The van der Waals surface area contributed by atoms with Crippen LogP contribution in [0.5, 0.6) is 0 Å². The Morgan fingerprint density at radius 2 is 1.64 bits per heavy atom. The molecule has 2 nitrogen and oxygen atoms in total. The lowest BCUT2D eigenvalue weighted by Crippen LogP contribution is -1.98. The summed E-state index contributed by atoms with van der Waals surface area (Å²) in [7, 11) is 0. The lowest BCUT2D eigenvalue weighted by molar-refractivity contribution is 0.559. The summed E-state index contributed by atoms with van der Waals surface area (Å²) in [6.07, 6.45) is 0. The molecule has 0 aliphatic carbocycles. The third-order valence-corrected chi connectivity index (χ3v) is 2.57. The van der Waals surface area contributed by atoms with Crippen LogP contribution in [0.1, 0.15) is 18.1 Å². The first kappa shape index (κ1) is 9.00. The first-order chi connectivity index (χ1) is 6.58. The van der Waals surface area contributed by atoms with Gasteiger partial charge in [-0.25, -0.2) is 4.79 Å². The molecular weight excluding hydrogens is 176 g/mol. The van der Waals surface area contributed by atoms with Gasteiger partial charge in [-0.15, -0.1) is 0 Å². The molecular formula is C12H14O2. The van der Waals surface area contributed by atoms with Crippen LogP contribution in [0, 0.1) is 20.8 Å². The summed E-state index contributed by atoms with van der Waals surface area (Å²) >= 11 is 0. The summed E-state index contributed by atoms with van der Waals surface area (Å²) < 4.78 is 5.12. The maximum absolute atomic E-state index is 11.1. The minimum Gasteiger partial charge on any atom is -0.423 e. The molecule has 0 fully saturated rings. The standard InChI is InChI=1S/C12H12O2.H2/c1-7-4-10-9(3)6-12(13)14-11(10)5-8(7)2;/h4-6H,1-3H3;1H. The molecule has 0 atom stereocenters. The number of fused-ring (bicyclic) bond motifs is 1. The van der Waals surface area contributed by atoms with Crippen LogP contribution in [0.3, 0.4) is 0 Å². The topological polar surface area (TPSA) is 30.2 Å². The monoisotopic (exact) mass is 190 g/mol. The largest absolute Gasteiger partial charge is 0.423 e. The van der Waals surface area contributed by atoms with Gasteiger partial charge >= 0.3 is 5.63 Å². The van der Waals surface area contributed by atoms with Gasteiger partial charge < -0.3 is 4.42 Å². The minimum absolute atomic E-state index is 0. The van der Waals surface area contributed by atoms with Gasteiger partial charge in [0.15, 0.2) is 0 Å². The van der Waals surface area contributed by atoms with Crippen LogP contribution < -0.4 is 5.63 Å². The van der Waals surface area contributed by atoms with Gasteiger partial charge in [0.1, 0.15) is 5.58 Å². The zero-order chi connectivity index (χ0) is 10.3. The highest BCUT2D eigenvalue weighted by Gasteiger charge is 2.03. The van der Waals surface area contributed by atoms with E-state index >= 15 is 0 Å². The van der Waals surface area contributed by atoms with Crippen molar-refractivity contribution in [3.63, 3.8) is 0 Å². The summed E-state index contributed by atoms with van der Waals surface area (Å²) in [5, 5.41) is 1.02. The maximum atomic E-state index is 11.1. The molecule has 0 unspecified atom stereocenters. The van der Waals surface area contributed by atoms with Crippen molar-refractivity contribution in [2.24, 2.45) is 0 Å². The Morgan fingerprint density at radius 1 is 1.00 bits per heavy atom. The van der Waals surface area contributed by atoms with Crippen LogP contribution in [0.4, 0.5) is 0 Å². The molecule has 1 aromatic carbocycles.